The minimum Gasteiger partial charge on any atom is -0.344 e. The Morgan fingerprint density at radius 3 is 2.87 bits per heavy atom. The molecule has 23 heavy (non-hydrogen) atoms. The Labute approximate surface area is 133 Å². The number of halogens is 1. The molecular formula is C17H19FN4O. The highest BCUT2D eigenvalue weighted by Gasteiger charge is 2.18. The maximum atomic E-state index is 13.2. The minimum absolute atomic E-state index is 0.0448. The fourth-order valence-electron chi connectivity index (χ4n) is 2.59. The van der Waals surface area contributed by atoms with Gasteiger partial charge in [-0.3, -0.25) is 4.79 Å². The predicted octanol–water partition coefficient (Wildman–Crippen LogP) is 2.77. The molecule has 2 heterocycles. The van der Waals surface area contributed by atoms with E-state index in [9.17, 15) is 9.18 Å². The Morgan fingerprint density at radius 1 is 1.39 bits per heavy atom. The van der Waals surface area contributed by atoms with E-state index in [0.29, 0.717) is 18.5 Å². The van der Waals surface area contributed by atoms with Gasteiger partial charge in [-0.05, 0) is 37.3 Å². The van der Waals surface area contributed by atoms with Crippen molar-refractivity contribution in [3.8, 4) is 0 Å². The Balaban J connectivity index is 1.63. The molecule has 0 saturated carbocycles. The fourth-order valence-corrected chi connectivity index (χ4v) is 2.59. The number of rotatable bonds is 5. The van der Waals surface area contributed by atoms with Crippen molar-refractivity contribution >= 4 is 16.9 Å². The number of aromatic amines is 1. The Kier molecular flexibility index (Phi) is 4.14. The quantitative estimate of drug-likeness (QED) is 0.787. The molecule has 1 atom stereocenters. The molecule has 0 saturated heterocycles. The van der Waals surface area contributed by atoms with Gasteiger partial charge >= 0.3 is 0 Å². The molecule has 1 amide bonds. The van der Waals surface area contributed by atoms with Crippen molar-refractivity contribution in [2.45, 2.75) is 19.4 Å². The normalized spacial score (nSPS) is 12.5. The highest BCUT2D eigenvalue weighted by Crippen LogP contribution is 2.14. The van der Waals surface area contributed by atoms with E-state index in [1.807, 2.05) is 36.0 Å². The first-order valence-corrected chi connectivity index (χ1v) is 7.56. The van der Waals surface area contributed by atoms with Crippen LogP contribution < -0.4 is 0 Å². The molecule has 2 aromatic heterocycles. The Morgan fingerprint density at radius 2 is 2.13 bits per heavy atom. The molecule has 0 aliphatic rings. The summed E-state index contributed by atoms with van der Waals surface area (Å²) in [6.45, 7) is 2.43. The fraction of sp³-hybridized carbons (Fsp3) is 0.294. The zero-order valence-electron chi connectivity index (χ0n) is 13.2. The molecule has 5 nitrogen and oxygen atoms in total. The summed E-state index contributed by atoms with van der Waals surface area (Å²) >= 11 is 0. The number of carbonyl (C=O) groups excluding carboxylic acids is 1. The van der Waals surface area contributed by atoms with Crippen molar-refractivity contribution in [3.05, 3.63) is 54.4 Å². The molecule has 3 rings (SSSR count). The summed E-state index contributed by atoms with van der Waals surface area (Å²) < 4.78 is 15.1. The third kappa shape index (κ3) is 3.26. The van der Waals surface area contributed by atoms with Gasteiger partial charge in [0.25, 0.3) is 0 Å². The van der Waals surface area contributed by atoms with Gasteiger partial charge in [0.2, 0.25) is 5.91 Å². The number of benzene rings is 1. The van der Waals surface area contributed by atoms with Crippen LogP contribution in [0.25, 0.3) is 11.0 Å². The first-order valence-electron chi connectivity index (χ1n) is 7.56. The number of H-pyrrole nitrogens is 1. The van der Waals surface area contributed by atoms with E-state index >= 15 is 0 Å². The second kappa shape index (κ2) is 6.24. The number of nitrogens with one attached hydrogen (secondary N) is 1. The largest absolute Gasteiger partial charge is 0.344 e. The molecular weight excluding hydrogens is 295 g/mol. The maximum Gasteiger partial charge on any atom is 0.245 e. The van der Waals surface area contributed by atoms with Crippen molar-refractivity contribution in [1.29, 1.82) is 0 Å². The van der Waals surface area contributed by atoms with Gasteiger partial charge in [-0.2, -0.15) is 0 Å². The van der Waals surface area contributed by atoms with Crippen LogP contribution in [0.3, 0.4) is 0 Å². The molecule has 0 fully saturated rings. The highest BCUT2D eigenvalue weighted by atomic mass is 19.1. The van der Waals surface area contributed by atoms with Crippen LogP contribution in [0.2, 0.25) is 0 Å². The van der Waals surface area contributed by atoms with E-state index in [2.05, 4.69) is 9.97 Å². The van der Waals surface area contributed by atoms with Crippen LogP contribution in [0.15, 0.2) is 42.7 Å². The van der Waals surface area contributed by atoms with Crippen LogP contribution in [-0.2, 0) is 11.2 Å². The smallest absolute Gasteiger partial charge is 0.245 e. The van der Waals surface area contributed by atoms with Crippen molar-refractivity contribution in [2.75, 3.05) is 13.6 Å². The van der Waals surface area contributed by atoms with Gasteiger partial charge in [0.05, 0.1) is 11.0 Å². The monoisotopic (exact) mass is 314 g/mol. The molecule has 0 radical (unpaired) electrons. The lowest BCUT2D eigenvalue weighted by molar-refractivity contribution is -0.132. The van der Waals surface area contributed by atoms with Gasteiger partial charge in [0, 0.05) is 32.4 Å². The lowest BCUT2D eigenvalue weighted by Gasteiger charge is -2.22. The molecule has 1 unspecified atom stereocenters. The molecule has 1 aromatic carbocycles. The van der Waals surface area contributed by atoms with Crippen molar-refractivity contribution in [2.24, 2.45) is 0 Å². The van der Waals surface area contributed by atoms with Crippen molar-refractivity contribution < 1.29 is 9.18 Å². The summed E-state index contributed by atoms with van der Waals surface area (Å²) in [4.78, 5) is 21.6. The first-order chi connectivity index (χ1) is 11.0. The number of hydrogen-bond donors (Lipinski definition) is 1. The number of imidazole rings is 1. The van der Waals surface area contributed by atoms with Gasteiger partial charge in [0.15, 0.2) is 0 Å². The number of amides is 1. The summed E-state index contributed by atoms with van der Waals surface area (Å²) in [5.41, 5.74) is 1.41. The molecule has 120 valence electrons. The standard InChI is InChI=1S/C17H19FN4O/c1-12(22-8-3-4-9-22)17(23)21(2)10-7-16-19-14-6-5-13(18)11-15(14)20-16/h3-6,8-9,11-12H,7,10H2,1-2H3,(H,19,20). The third-order valence-electron chi connectivity index (χ3n) is 3.99. The Bertz CT molecular complexity index is 809. The topological polar surface area (TPSA) is 53.9 Å². The predicted molar refractivity (Wildman–Crippen MR) is 86.5 cm³/mol. The van der Waals surface area contributed by atoms with Crippen LogP contribution in [-0.4, -0.2) is 38.9 Å². The van der Waals surface area contributed by atoms with E-state index in [-0.39, 0.29) is 17.8 Å². The summed E-state index contributed by atoms with van der Waals surface area (Å²) in [5, 5.41) is 0. The first kappa shape index (κ1) is 15.3. The molecule has 0 bridgehead atoms. The summed E-state index contributed by atoms with van der Waals surface area (Å²) in [6.07, 6.45) is 4.35. The van der Waals surface area contributed by atoms with Crippen LogP contribution in [0, 0.1) is 5.82 Å². The molecule has 0 aliphatic carbocycles. The van der Waals surface area contributed by atoms with E-state index in [4.69, 9.17) is 0 Å². The molecule has 3 aromatic rings. The zero-order chi connectivity index (χ0) is 16.4. The average molecular weight is 314 g/mol. The molecule has 6 heteroatoms. The number of aromatic nitrogens is 3. The average Bonchev–Trinajstić information content (AvgIpc) is 3.19. The second-order valence-corrected chi connectivity index (χ2v) is 5.66. The molecule has 0 aliphatic heterocycles. The SMILES string of the molecule is CC(C(=O)N(C)CCc1nc2ccc(F)cc2[nH]1)n1cccc1. The number of hydrogen-bond acceptors (Lipinski definition) is 2. The maximum absolute atomic E-state index is 13.2. The van der Waals surface area contributed by atoms with Crippen LogP contribution in [0.1, 0.15) is 18.8 Å². The van der Waals surface area contributed by atoms with E-state index in [0.717, 1.165) is 11.3 Å². The lowest BCUT2D eigenvalue weighted by atomic mass is 10.2. The summed E-state index contributed by atoms with van der Waals surface area (Å²) in [5.74, 6) is 0.503. The zero-order valence-corrected chi connectivity index (χ0v) is 13.2. The highest BCUT2D eigenvalue weighted by molar-refractivity contribution is 5.80. The summed E-state index contributed by atoms with van der Waals surface area (Å²) in [6, 6.07) is 8.03. The summed E-state index contributed by atoms with van der Waals surface area (Å²) in [7, 11) is 1.78. The van der Waals surface area contributed by atoms with Gasteiger partial charge < -0.3 is 14.5 Å². The van der Waals surface area contributed by atoms with Gasteiger partial charge in [-0.15, -0.1) is 0 Å². The van der Waals surface area contributed by atoms with E-state index in [1.165, 1.54) is 12.1 Å². The number of fused-ring (bicyclic) bond motifs is 1. The lowest BCUT2D eigenvalue weighted by Crippen LogP contribution is -2.34. The number of nitrogens with zero attached hydrogens (tertiary/aromatic N) is 3. The number of likely N-dealkylation sites (N-methyl/N-ethyl adjacent to an activating group) is 1. The minimum atomic E-state index is -0.291. The van der Waals surface area contributed by atoms with Crippen molar-refractivity contribution in [1.82, 2.24) is 19.4 Å². The Hall–Kier alpha value is -2.63. The van der Waals surface area contributed by atoms with Crippen LogP contribution in [0.4, 0.5) is 4.39 Å². The van der Waals surface area contributed by atoms with Gasteiger partial charge in [-0.25, -0.2) is 9.37 Å². The third-order valence-corrected chi connectivity index (χ3v) is 3.99. The van der Waals surface area contributed by atoms with Crippen LogP contribution in [0.5, 0.6) is 0 Å². The van der Waals surface area contributed by atoms with Gasteiger partial charge in [0.1, 0.15) is 17.7 Å². The van der Waals surface area contributed by atoms with E-state index < -0.39 is 0 Å². The second-order valence-electron chi connectivity index (χ2n) is 5.66. The molecule has 1 N–H and O–H groups in total. The molecule has 0 spiro atoms. The van der Waals surface area contributed by atoms with Crippen LogP contribution >= 0.6 is 0 Å². The number of carbonyl (C=O) groups is 1. The van der Waals surface area contributed by atoms with E-state index in [1.54, 1.807) is 18.0 Å². The van der Waals surface area contributed by atoms with Crippen molar-refractivity contribution in [3.63, 3.8) is 0 Å². The van der Waals surface area contributed by atoms with Gasteiger partial charge in [-0.1, -0.05) is 0 Å².